The molecule has 39 heteroatoms. The number of carbonyl (C=O) groups is 4. The Labute approximate surface area is 868 Å². The van der Waals surface area contributed by atoms with Crippen molar-refractivity contribution in [3.8, 4) is 0 Å². The third-order valence-corrected chi connectivity index (χ3v) is 28.6. The fraction of sp³-hybridized carbons (Fsp3) is 0.393. The monoisotopic (exact) mass is 2140 g/mol. The van der Waals surface area contributed by atoms with Gasteiger partial charge >= 0.3 is 12.2 Å². The summed E-state index contributed by atoms with van der Waals surface area (Å²) in [6, 6.07) is 36.9. The summed E-state index contributed by atoms with van der Waals surface area (Å²) in [5.41, 5.74) is 22.1. The maximum atomic E-state index is 12.3. The molecule has 10 N–H and O–H groups in total. The number of non-ortho nitro benzene ring substituents is 5. The molecule has 36 nitrogen and oxygen atoms in total. The molecule has 8 aliphatic rings. The molecule has 7 aromatic heterocycles. The largest absolute Gasteiger partial charge is 0.444 e. The van der Waals surface area contributed by atoms with Gasteiger partial charge in [0.2, 0.25) is 0 Å². The van der Waals surface area contributed by atoms with Gasteiger partial charge in [0, 0.05) is 275 Å². The molecule has 146 heavy (non-hydrogen) atoms. The van der Waals surface area contributed by atoms with Crippen LogP contribution in [0.25, 0.3) is 87.7 Å². The minimum Gasteiger partial charge on any atom is -0.444 e. The van der Waals surface area contributed by atoms with Crippen LogP contribution in [-0.4, -0.2) is 188 Å². The number of nitrogens with zero attached hydrogens (tertiary/aromatic N) is 7. The molecule has 6 aliphatic carbocycles. The molecule has 21 rings (SSSR count). The maximum Gasteiger partial charge on any atom is 0.410 e. The molecule has 0 radical (unpaired) electrons. The molecule has 2 aliphatic heterocycles. The zero-order valence-electron chi connectivity index (χ0n) is 83.4. The standard InChI is InChI=1S/C20H25N3O4.C20H29N3O2.C16H16N2O4.C15H17N3O2.C14H12N2O3.C8H6N2O2.C8H12O3.C6H7NS2.HI/c1-20(2,3)27-19(24)22(4)14-7-5-13(6-8-14)17-12-21-18-10-9-15(23(25)26)11-16(17)18;1-20(2,3)25-19(24)23(4)15-8-5-13(6-9-15)17-12-22-18-10-7-14(21)11-16(17)18;19-18(20)12-1-2-15-13(9-12)14(10-17-15)11-3-5-16(6-4-11)21-7-8-22-16;1-16-11-4-2-10(3-5-11)14-9-17-15-7-6-12(18(19)20)8-13(14)15;17-11-4-1-9(2-5-11)13-8-15-14-6-3-10(16(18)19)7-12(13)14;11-10(12)7-1-2-8-6(5-7)3-4-9-8;9-7-1-3-8(4-2-7)10-5-6-11-8;1-8-6(7)5-3-2-4-9-5;/h5,9-12,14,21H,6-8H2,1-4H3;7,10-13,15,22H,5-6,8-9,21H2,1-4H3;1-3,9-10,17H,4-8H2;2,6-9,11,16-17H,3-5H2,1H3;1,3,6-8,15H,2,4-5H2;1-5,9H;1-6H2;2-4,7H,1H3;1H. The van der Waals surface area contributed by atoms with Crippen LogP contribution in [0.4, 0.5) is 43.7 Å². The highest BCUT2D eigenvalue weighted by Crippen LogP contribution is 2.45. The van der Waals surface area contributed by atoms with E-state index in [4.69, 9.17) is 39.6 Å². The van der Waals surface area contributed by atoms with Crippen LogP contribution in [-0.2, 0) is 38.0 Å². The number of ketones is 2. The number of nitrogens with two attached hydrogens (primary N) is 1. The number of thiophene rings is 1. The van der Waals surface area contributed by atoms with Gasteiger partial charge in [0.1, 0.15) is 27.8 Å². The molecule has 772 valence electrons. The SMILES string of the molecule is CN(C(=O)OC(C)(C)C)C1CC=C(c2c[nH]c3ccc([N+](=O)[O-])cc23)CC1.CN(C(=O)OC(C)(C)C)C1CCC(c2c[nH]c3ccc(N)cc23)CC1.CNC1CC=C(c2c[nH]c3ccc([N+](=O)[O-])cc23)CC1.CSC(=N)c1cccs1.I.O=C1CC=C(c2c[nH]c3ccc([N+](=O)[O-])cc23)CC1.O=C1CCC2(CC1)OCCO2.O=[N+]([O-])c1ccc2[nH]cc(C3=CCC4(CC3)OCCO4)c2c1.O=[N+]([O-])c1ccc2[nH]ccc2c1. The van der Waals surface area contributed by atoms with Gasteiger partial charge in [-0.15, -0.1) is 47.1 Å². The summed E-state index contributed by atoms with van der Waals surface area (Å²) in [7, 11) is 5.61. The summed E-state index contributed by atoms with van der Waals surface area (Å²) in [5, 5.41) is 73.1. The Hall–Kier alpha value is -13.6. The van der Waals surface area contributed by atoms with E-state index in [0.717, 1.165) is 200 Å². The second-order valence-electron chi connectivity index (χ2n) is 38.8. The lowest BCUT2D eigenvalue weighted by Crippen LogP contribution is -2.42. The number of nitrogens with one attached hydrogen (secondary N) is 8. The molecule has 2 saturated carbocycles. The van der Waals surface area contributed by atoms with Crippen LogP contribution in [0.2, 0.25) is 0 Å². The smallest absolute Gasteiger partial charge is 0.410 e. The number of aromatic amines is 6. The molecule has 9 heterocycles. The van der Waals surface area contributed by atoms with Crippen molar-refractivity contribution in [2.75, 3.05) is 59.6 Å². The van der Waals surface area contributed by atoms with Gasteiger partial charge in [0.15, 0.2) is 11.6 Å². The van der Waals surface area contributed by atoms with Gasteiger partial charge in [-0.3, -0.25) is 65.6 Å². The quantitative estimate of drug-likeness (QED) is 0.0122. The highest BCUT2D eigenvalue weighted by Gasteiger charge is 2.41. The Balaban J connectivity index is 0.000000142. The number of nitrogen functional groups attached to an aromatic ring is 1. The van der Waals surface area contributed by atoms with Gasteiger partial charge in [-0.1, -0.05) is 30.4 Å². The van der Waals surface area contributed by atoms with E-state index in [2.05, 4.69) is 65.7 Å². The fourth-order valence-electron chi connectivity index (χ4n) is 19.1. The van der Waals surface area contributed by atoms with E-state index in [1.807, 2.05) is 128 Å². The van der Waals surface area contributed by atoms with E-state index >= 15 is 0 Å². The van der Waals surface area contributed by atoms with E-state index in [9.17, 15) is 69.7 Å². The number of Topliss-reactive ketones (excluding diaryl/α,β-unsaturated/α-hetero) is 2. The third-order valence-electron chi connectivity index (χ3n) is 27.0. The first kappa shape index (κ1) is 110. The minimum absolute atomic E-state index is 0. The number of H-pyrrole nitrogens is 6. The third kappa shape index (κ3) is 28.2. The first-order valence-electron chi connectivity index (χ1n) is 48.6. The Morgan fingerprint density at radius 2 is 0.904 bits per heavy atom. The van der Waals surface area contributed by atoms with Crippen LogP contribution in [0, 0.1) is 56.0 Å². The number of benzene rings is 6. The first-order valence-corrected chi connectivity index (χ1v) is 50.7. The maximum absolute atomic E-state index is 12.3. The molecular formula is C107H125IN16O20S2. The summed E-state index contributed by atoms with van der Waals surface area (Å²) in [6.45, 7) is 14.0. The fourth-order valence-corrected chi connectivity index (χ4v) is 20.3. The van der Waals surface area contributed by atoms with Crippen molar-refractivity contribution in [1.29, 1.82) is 5.41 Å². The van der Waals surface area contributed by atoms with Crippen molar-refractivity contribution in [3.63, 3.8) is 0 Å². The van der Waals surface area contributed by atoms with Crippen molar-refractivity contribution in [1.82, 2.24) is 45.0 Å². The second-order valence-corrected chi connectivity index (χ2v) is 40.6. The lowest BCUT2D eigenvalue weighted by atomic mass is 9.81. The first-order chi connectivity index (χ1) is 69.3. The van der Waals surface area contributed by atoms with Gasteiger partial charge in [0.25, 0.3) is 28.4 Å². The number of thioether (sulfide) groups is 1. The topological polar surface area (TPSA) is 502 Å². The van der Waals surface area contributed by atoms with E-state index in [0.29, 0.717) is 81.3 Å². The molecule has 2 unspecified atom stereocenters. The number of amides is 2. The predicted octanol–water partition coefficient (Wildman–Crippen LogP) is 25.4. The van der Waals surface area contributed by atoms with Crippen molar-refractivity contribution in [2.24, 2.45) is 0 Å². The number of allylic oxidation sites excluding steroid dienone is 5. The van der Waals surface area contributed by atoms with Gasteiger partial charge < -0.3 is 79.2 Å². The molecule has 2 atom stereocenters. The van der Waals surface area contributed by atoms with E-state index in [1.165, 1.54) is 64.2 Å². The van der Waals surface area contributed by atoms with Crippen LogP contribution in [0.5, 0.6) is 0 Å². The normalized spacial score (nSPS) is 18.3. The predicted molar refractivity (Wildman–Crippen MR) is 582 cm³/mol. The Bertz CT molecular complexity index is 7020. The number of ether oxygens (including phenoxy) is 6. The number of halogens is 1. The number of nitro groups is 5. The van der Waals surface area contributed by atoms with Crippen molar-refractivity contribution < 1.29 is 72.2 Å². The number of fused-ring (bicyclic) bond motifs is 6. The number of aromatic nitrogens is 6. The highest BCUT2D eigenvalue weighted by atomic mass is 127. The number of nitro benzene ring substituents is 5. The Morgan fingerprint density at radius 1 is 0.479 bits per heavy atom. The molecule has 13 aromatic rings. The molecule has 0 bridgehead atoms. The summed E-state index contributed by atoms with van der Waals surface area (Å²) in [4.78, 5) is 122. The summed E-state index contributed by atoms with van der Waals surface area (Å²) >= 11 is 3.09. The molecule has 2 amide bonds. The summed E-state index contributed by atoms with van der Waals surface area (Å²) in [5.74, 6) is 0.290. The number of anilines is 1. The second kappa shape index (κ2) is 49.1. The number of hydrogen-bond acceptors (Lipinski definition) is 25. The average Bonchev–Trinajstić information content (AvgIpc) is 1.71. The highest BCUT2D eigenvalue weighted by molar-refractivity contribution is 14.0. The van der Waals surface area contributed by atoms with Gasteiger partial charge in [-0.2, -0.15) is 0 Å². The minimum atomic E-state index is -0.514. The van der Waals surface area contributed by atoms with Crippen LogP contribution in [0.1, 0.15) is 209 Å². The van der Waals surface area contributed by atoms with E-state index in [-0.39, 0.29) is 103 Å². The average molecular weight is 2150 g/mol. The van der Waals surface area contributed by atoms with E-state index in [1.54, 1.807) is 95.0 Å². The number of carbonyl (C=O) groups excluding carboxylic acids is 4. The van der Waals surface area contributed by atoms with Crippen LogP contribution >= 0.6 is 47.1 Å². The number of rotatable bonds is 14. The van der Waals surface area contributed by atoms with Gasteiger partial charge in [0.05, 0.1) is 55.9 Å². The lowest BCUT2D eigenvalue weighted by molar-refractivity contribution is -0.384. The summed E-state index contributed by atoms with van der Waals surface area (Å²) < 4.78 is 33.3. The molecule has 6 aromatic carbocycles. The number of hydrogen-bond donors (Lipinski definition) is 9. The Kier molecular flexibility index (Phi) is 36.9. The van der Waals surface area contributed by atoms with E-state index < -0.39 is 26.8 Å². The van der Waals surface area contributed by atoms with Crippen LogP contribution in [0.3, 0.4) is 0 Å². The molecule has 4 fully saturated rings. The van der Waals surface area contributed by atoms with Crippen molar-refractivity contribution in [3.05, 3.63) is 278 Å². The van der Waals surface area contributed by atoms with Gasteiger partial charge in [-0.25, -0.2) is 9.59 Å². The lowest BCUT2D eigenvalue weighted by Gasteiger charge is -2.35. The van der Waals surface area contributed by atoms with Crippen LogP contribution in [0.15, 0.2) is 194 Å². The molecule has 2 spiro atoms. The zero-order chi connectivity index (χ0) is 104. The van der Waals surface area contributed by atoms with Crippen LogP contribution < -0.4 is 11.1 Å². The Morgan fingerprint density at radius 3 is 1.32 bits per heavy atom. The van der Waals surface area contributed by atoms with Gasteiger partial charge in [-0.05, 0) is 232 Å². The zero-order valence-corrected chi connectivity index (χ0v) is 87.3. The summed E-state index contributed by atoms with van der Waals surface area (Å²) in [6.07, 6.45) is 37.8. The van der Waals surface area contributed by atoms with Crippen molar-refractivity contribution in [2.45, 2.75) is 217 Å². The molecular weight excluding hydrogens is 2020 g/mol. The molecule has 2 saturated heterocycles. The van der Waals surface area contributed by atoms with Crippen molar-refractivity contribution >= 4 is 198 Å².